The zero-order valence-corrected chi connectivity index (χ0v) is 8.93. The second kappa shape index (κ2) is 3.93. The minimum Gasteiger partial charge on any atom is -0.465 e. The summed E-state index contributed by atoms with van der Waals surface area (Å²) in [6.07, 6.45) is 2.70. The van der Waals surface area contributed by atoms with Crippen LogP contribution in [0.15, 0.2) is 18.5 Å². The number of amides is 2. The van der Waals surface area contributed by atoms with Gasteiger partial charge in [-0.3, -0.25) is 9.78 Å². The van der Waals surface area contributed by atoms with Crippen molar-refractivity contribution in [2.75, 3.05) is 11.1 Å². The van der Waals surface area contributed by atoms with Crippen LogP contribution in [0.4, 0.5) is 16.2 Å². The number of carboxylic acid groups (broad SMARTS) is 1. The molecule has 1 aromatic heterocycles. The maximum Gasteiger partial charge on any atom is 0.405 e. The molecule has 1 fully saturated rings. The lowest BCUT2D eigenvalue weighted by Crippen LogP contribution is -2.45. The Kier molecular flexibility index (Phi) is 2.58. The summed E-state index contributed by atoms with van der Waals surface area (Å²) in [5.41, 5.74) is 5.41. The molecule has 7 heteroatoms. The van der Waals surface area contributed by atoms with E-state index in [1.54, 1.807) is 6.07 Å². The smallest absolute Gasteiger partial charge is 0.405 e. The van der Waals surface area contributed by atoms with Gasteiger partial charge < -0.3 is 21.5 Å². The lowest BCUT2D eigenvalue weighted by atomic mass is 10.2. The van der Waals surface area contributed by atoms with Gasteiger partial charge in [-0.15, -0.1) is 0 Å². The first-order valence-electron chi connectivity index (χ1n) is 5.05. The van der Waals surface area contributed by atoms with E-state index in [1.807, 2.05) is 0 Å². The Balaban J connectivity index is 2.08. The molecule has 1 saturated carbocycles. The molecule has 0 spiro atoms. The third-order valence-electron chi connectivity index (χ3n) is 2.63. The molecular weight excluding hydrogens is 224 g/mol. The van der Waals surface area contributed by atoms with E-state index in [4.69, 9.17) is 10.8 Å². The van der Waals surface area contributed by atoms with Gasteiger partial charge in [-0.2, -0.15) is 0 Å². The van der Waals surface area contributed by atoms with Gasteiger partial charge in [-0.05, 0) is 18.9 Å². The van der Waals surface area contributed by atoms with E-state index in [0.29, 0.717) is 24.2 Å². The number of aromatic nitrogens is 1. The Morgan fingerprint density at radius 2 is 2.18 bits per heavy atom. The zero-order chi connectivity index (χ0) is 12.5. The Bertz CT molecular complexity index is 470. The van der Waals surface area contributed by atoms with Crippen molar-refractivity contribution in [3.05, 3.63) is 18.5 Å². The number of carbonyl (C=O) groups is 2. The quantitative estimate of drug-likeness (QED) is 0.606. The lowest BCUT2D eigenvalue weighted by Gasteiger charge is -2.15. The molecule has 5 N–H and O–H groups in total. The van der Waals surface area contributed by atoms with Crippen LogP contribution < -0.4 is 16.4 Å². The van der Waals surface area contributed by atoms with Gasteiger partial charge in [0, 0.05) is 6.20 Å². The molecule has 7 nitrogen and oxygen atoms in total. The Morgan fingerprint density at radius 3 is 2.71 bits per heavy atom. The Morgan fingerprint density at radius 1 is 1.47 bits per heavy atom. The van der Waals surface area contributed by atoms with Crippen molar-refractivity contribution in [2.24, 2.45) is 0 Å². The molecule has 17 heavy (non-hydrogen) atoms. The monoisotopic (exact) mass is 236 g/mol. The van der Waals surface area contributed by atoms with Crippen molar-refractivity contribution < 1.29 is 14.7 Å². The molecule has 0 unspecified atom stereocenters. The average Bonchev–Trinajstić information content (AvgIpc) is 3.01. The van der Waals surface area contributed by atoms with Crippen molar-refractivity contribution in [1.29, 1.82) is 0 Å². The molecule has 1 aromatic rings. The number of nitrogen functional groups attached to an aromatic ring is 1. The SMILES string of the molecule is Nc1ccncc1NC(=O)C1(NC(=O)O)CC1. The topological polar surface area (TPSA) is 117 Å². The van der Waals surface area contributed by atoms with Gasteiger partial charge in [0.2, 0.25) is 5.91 Å². The largest absolute Gasteiger partial charge is 0.465 e. The zero-order valence-electron chi connectivity index (χ0n) is 8.93. The number of anilines is 2. The molecule has 0 bridgehead atoms. The number of carbonyl (C=O) groups excluding carboxylic acids is 1. The summed E-state index contributed by atoms with van der Waals surface area (Å²) in [5.74, 6) is -0.403. The standard InChI is InChI=1S/C10H12N4O3/c11-6-1-4-12-5-7(6)13-8(15)10(2-3-10)14-9(16)17/h1,4-5,14H,2-3H2,(H2,11,12)(H,13,15)(H,16,17). The second-order valence-corrected chi connectivity index (χ2v) is 3.93. The Hall–Kier alpha value is -2.31. The first kappa shape index (κ1) is 11.2. The third-order valence-corrected chi connectivity index (χ3v) is 2.63. The minimum atomic E-state index is -1.21. The van der Waals surface area contributed by atoms with Crippen LogP contribution in [0.1, 0.15) is 12.8 Å². The van der Waals surface area contributed by atoms with Crippen LogP contribution in [0.3, 0.4) is 0 Å². The van der Waals surface area contributed by atoms with Crippen LogP contribution in [-0.4, -0.2) is 27.6 Å². The molecule has 1 heterocycles. The van der Waals surface area contributed by atoms with E-state index in [1.165, 1.54) is 12.4 Å². The highest BCUT2D eigenvalue weighted by atomic mass is 16.4. The van der Waals surface area contributed by atoms with E-state index >= 15 is 0 Å². The molecule has 2 amide bonds. The average molecular weight is 236 g/mol. The molecular formula is C10H12N4O3. The van der Waals surface area contributed by atoms with Crippen molar-refractivity contribution in [3.63, 3.8) is 0 Å². The van der Waals surface area contributed by atoms with Gasteiger partial charge in [-0.25, -0.2) is 4.79 Å². The van der Waals surface area contributed by atoms with Crippen LogP contribution >= 0.6 is 0 Å². The second-order valence-electron chi connectivity index (χ2n) is 3.93. The van der Waals surface area contributed by atoms with Crippen molar-refractivity contribution in [2.45, 2.75) is 18.4 Å². The molecule has 0 saturated heterocycles. The van der Waals surface area contributed by atoms with Gasteiger partial charge in [0.25, 0.3) is 0 Å². The Labute approximate surface area is 97.0 Å². The number of nitrogens with one attached hydrogen (secondary N) is 2. The highest BCUT2D eigenvalue weighted by Crippen LogP contribution is 2.36. The number of rotatable bonds is 3. The first-order valence-corrected chi connectivity index (χ1v) is 5.05. The normalized spacial score (nSPS) is 16.0. The van der Waals surface area contributed by atoms with Gasteiger partial charge >= 0.3 is 6.09 Å². The molecule has 90 valence electrons. The predicted molar refractivity (Wildman–Crippen MR) is 60.4 cm³/mol. The van der Waals surface area contributed by atoms with E-state index in [-0.39, 0.29) is 0 Å². The van der Waals surface area contributed by atoms with Crippen LogP contribution in [0.25, 0.3) is 0 Å². The molecule has 2 rings (SSSR count). The van der Waals surface area contributed by atoms with Crippen molar-refractivity contribution in [1.82, 2.24) is 10.3 Å². The van der Waals surface area contributed by atoms with E-state index in [0.717, 1.165) is 0 Å². The summed E-state index contributed by atoms with van der Waals surface area (Å²) in [6.45, 7) is 0. The van der Waals surface area contributed by atoms with Crippen LogP contribution in [0.5, 0.6) is 0 Å². The maximum absolute atomic E-state index is 11.9. The molecule has 0 atom stereocenters. The van der Waals surface area contributed by atoms with Gasteiger partial charge in [0.15, 0.2) is 0 Å². The van der Waals surface area contributed by atoms with Gasteiger partial charge in [0.1, 0.15) is 5.54 Å². The van der Waals surface area contributed by atoms with Crippen molar-refractivity contribution >= 4 is 23.4 Å². The fourth-order valence-corrected chi connectivity index (χ4v) is 1.49. The number of nitrogens with zero attached hydrogens (tertiary/aromatic N) is 1. The van der Waals surface area contributed by atoms with Crippen LogP contribution in [-0.2, 0) is 4.79 Å². The van der Waals surface area contributed by atoms with Crippen LogP contribution in [0.2, 0.25) is 0 Å². The first-order chi connectivity index (χ1) is 8.03. The molecule has 0 aromatic carbocycles. The number of hydrogen-bond donors (Lipinski definition) is 4. The summed E-state index contributed by atoms with van der Waals surface area (Å²) in [6, 6.07) is 1.56. The molecule has 0 aliphatic heterocycles. The van der Waals surface area contributed by atoms with E-state index in [2.05, 4.69) is 15.6 Å². The highest BCUT2D eigenvalue weighted by molar-refractivity contribution is 6.03. The van der Waals surface area contributed by atoms with Crippen molar-refractivity contribution in [3.8, 4) is 0 Å². The number of pyridine rings is 1. The molecule has 0 radical (unpaired) electrons. The molecule has 1 aliphatic rings. The minimum absolute atomic E-state index is 0.385. The van der Waals surface area contributed by atoms with Gasteiger partial charge in [-0.1, -0.05) is 0 Å². The lowest BCUT2D eigenvalue weighted by molar-refractivity contribution is -0.119. The van der Waals surface area contributed by atoms with Crippen LogP contribution in [0, 0.1) is 0 Å². The fourth-order valence-electron chi connectivity index (χ4n) is 1.49. The summed E-state index contributed by atoms with van der Waals surface area (Å²) < 4.78 is 0. The number of hydrogen-bond acceptors (Lipinski definition) is 4. The third kappa shape index (κ3) is 2.27. The predicted octanol–water partition coefficient (Wildman–Crippen LogP) is 0.402. The van der Waals surface area contributed by atoms with Gasteiger partial charge in [0.05, 0.1) is 17.6 Å². The van der Waals surface area contributed by atoms with E-state index in [9.17, 15) is 9.59 Å². The fraction of sp³-hybridized carbons (Fsp3) is 0.300. The summed E-state index contributed by atoms with van der Waals surface area (Å²) in [7, 11) is 0. The molecule has 1 aliphatic carbocycles. The van der Waals surface area contributed by atoms with E-state index < -0.39 is 17.5 Å². The maximum atomic E-state index is 11.9. The summed E-state index contributed by atoms with van der Waals surface area (Å²) in [4.78, 5) is 26.2. The highest BCUT2D eigenvalue weighted by Gasteiger charge is 2.51. The summed E-state index contributed by atoms with van der Waals surface area (Å²) in [5, 5.41) is 13.4. The number of nitrogens with two attached hydrogens (primary N) is 1. The summed E-state index contributed by atoms with van der Waals surface area (Å²) >= 11 is 0.